The third-order valence-electron chi connectivity index (χ3n) is 4.12. The van der Waals surface area contributed by atoms with Gasteiger partial charge in [-0.1, -0.05) is 41.9 Å². The van der Waals surface area contributed by atoms with Crippen LogP contribution in [-0.2, 0) is 17.8 Å². The first-order valence-electron chi connectivity index (χ1n) is 7.58. The second-order valence-corrected chi connectivity index (χ2v) is 6.31. The first kappa shape index (κ1) is 15.1. The summed E-state index contributed by atoms with van der Waals surface area (Å²) in [6.07, 6.45) is 1.03. The first-order valence-corrected chi connectivity index (χ1v) is 7.96. The number of benzene rings is 2. The predicted molar refractivity (Wildman–Crippen MR) is 89.4 cm³/mol. The minimum Gasteiger partial charge on any atom is -0.323 e. The number of quaternary nitrogens is 1. The molecule has 1 aliphatic heterocycles. The molecule has 3 rings (SSSR count). The summed E-state index contributed by atoms with van der Waals surface area (Å²) in [4.78, 5) is 13.5. The van der Waals surface area contributed by atoms with Crippen LogP contribution >= 0.6 is 11.6 Å². The number of aryl methyl sites for hydroxylation is 1. The molecule has 22 heavy (non-hydrogen) atoms. The number of fused-ring (bicyclic) bond motifs is 1. The van der Waals surface area contributed by atoms with Crippen molar-refractivity contribution in [1.82, 2.24) is 0 Å². The molecule has 0 aliphatic carbocycles. The van der Waals surface area contributed by atoms with Crippen molar-refractivity contribution in [2.24, 2.45) is 0 Å². The maximum Gasteiger partial charge on any atom is 0.279 e. The topological polar surface area (TPSA) is 33.5 Å². The summed E-state index contributed by atoms with van der Waals surface area (Å²) < 4.78 is 0. The molecule has 1 atom stereocenters. The average molecular weight is 316 g/mol. The van der Waals surface area contributed by atoms with Gasteiger partial charge in [-0.15, -0.1) is 0 Å². The zero-order valence-corrected chi connectivity index (χ0v) is 13.4. The second-order valence-electron chi connectivity index (χ2n) is 5.90. The van der Waals surface area contributed by atoms with Crippen LogP contribution in [0.2, 0.25) is 5.02 Å². The van der Waals surface area contributed by atoms with E-state index in [4.69, 9.17) is 11.6 Å². The fraction of sp³-hybridized carbons (Fsp3) is 0.278. The van der Waals surface area contributed by atoms with Gasteiger partial charge in [-0.05, 0) is 30.2 Å². The molecule has 0 saturated carbocycles. The van der Waals surface area contributed by atoms with Gasteiger partial charge in [-0.2, -0.15) is 0 Å². The minimum atomic E-state index is 0.0140. The summed E-state index contributed by atoms with van der Waals surface area (Å²) in [7, 11) is 0. The molecule has 1 amide bonds. The van der Waals surface area contributed by atoms with E-state index in [1.165, 1.54) is 16.0 Å². The minimum absolute atomic E-state index is 0.0140. The van der Waals surface area contributed by atoms with Crippen molar-refractivity contribution in [2.45, 2.75) is 19.9 Å². The lowest BCUT2D eigenvalue weighted by atomic mass is 10.00. The number of amides is 1. The van der Waals surface area contributed by atoms with Crippen molar-refractivity contribution >= 4 is 23.2 Å². The summed E-state index contributed by atoms with van der Waals surface area (Å²) in [5.74, 6) is 0.0140. The van der Waals surface area contributed by atoms with Gasteiger partial charge in [0.2, 0.25) is 0 Å². The monoisotopic (exact) mass is 315 g/mol. The van der Waals surface area contributed by atoms with Gasteiger partial charge in [0.15, 0.2) is 6.54 Å². The maximum absolute atomic E-state index is 12.2. The standard InChI is InChI=1S/C18H19ClN2O/c1-13-6-7-17(16(19)10-13)20-18(22)12-21-9-8-14-4-2-3-5-15(14)11-21/h2-7,10H,8-9,11-12H2,1H3,(H,20,22)/p+1. The molecule has 114 valence electrons. The van der Waals surface area contributed by atoms with Crippen LogP contribution in [0.4, 0.5) is 5.69 Å². The largest absolute Gasteiger partial charge is 0.323 e. The van der Waals surface area contributed by atoms with Crippen LogP contribution in [0.5, 0.6) is 0 Å². The Hall–Kier alpha value is -1.84. The molecule has 2 aromatic carbocycles. The van der Waals surface area contributed by atoms with E-state index in [0.717, 1.165) is 25.1 Å². The SMILES string of the molecule is Cc1ccc(NC(=O)C[NH+]2CCc3ccccc3C2)c(Cl)c1. The van der Waals surface area contributed by atoms with Crippen LogP contribution in [-0.4, -0.2) is 19.0 Å². The molecule has 1 unspecified atom stereocenters. The van der Waals surface area contributed by atoms with Crippen LogP contribution in [0.15, 0.2) is 42.5 Å². The Labute approximate surface area is 135 Å². The van der Waals surface area contributed by atoms with Gasteiger partial charge in [0, 0.05) is 12.0 Å². The number of carbonyl (C=O) groups is 1. The lowest BCUT2D eigenvalue weighted by molar-refractivity contribution is -0.907. The van der Waals surface area contributed by atoms with E-state index < -0.39 is 0 Å². The zero-order valence-electron chi connectivity index (χ0n) is 12.7. The van der Waals surface area contributed by atoms with E-state index in [9.17, 15) is 4.79 Å². The molecule has 0 bridgehead atoms. The van der Waals surface area contributed by atoms with Gasteiger partial charge < -0.3 is 10.2 Å². The van der Waals surface area contributed by atoms with E-state index in [0.29, 0.717) is 17.3 Å². The van der Waals surface area contributed by atoms with Gasteiger partial charge in [-0.3, -0.25) is 4.79 Å². The maximum atomic E-state index is 12.2. The number of anilines is 1. The Morgan fingerprint density at radius 1 is 1.23 bits per heavy atom. The molecule has 2 N–H and O–H groups in total. The molecule has 4 heteroatoms. The Kier molecular flexibility index (Phi) is 4.46. The van der Waals surface area contributed by atoms with Gasteiger partial charge in [0.25, 0.3) is 5.91 Å². The molecule has 0 spiro atoms. The van der Waals surface area contributed by atoms with Crippen molar-refractivity contribution in [3.05, 3.63) is 64.2 Å². The van der Waals surface area contributed by atoms with Crippen molar-refractivity contribution < 1.29 is 9.69 Å². The van der Waals surface area contributed by atoms with Gasteiger partial charge in [0.1, 0.15) is 6.54 Å². The van der Waals surface area contributed by atoms with E-state index in [-0.39, 0.29) is 5.91 Å². The smallest absolute Gasteiger partial charge is 0.279 e. The number of rotatable bonds is 3. The molecule has 0 aromatic heterocycles. The summed E-state index contributed by atoms with van der Waals surface area (Å²) in [6.45, 7) is 4.35. The fourth-order valence-corrected chi connectivity index (χ4v) is 3.22. The van der Waals surface area contributed by atoms with Crippen LogP contribution in [0, 0.1) is 6.92 Å². The third-order valence-corrected chi connectivity index (χ3v) is 4.43. The van der Waals surface area contributed by atoms with Crippen molar-refractivity contribution in [3.8, 4) is 0 Å². The van der Waals surface area contributed by atoms with Gasteiger partial charge in [-0.25, -0.2) is 0 Å². The Balaban J connectivity index is 1.61. The lowest BCUT2D eigenvalue weighted by Gasteiger charge is -2.25. The zero-order chi connectivity index (χ0) is 15.5. The van der Waals surface area contributed by atoms with Crippen molar-refractivity contribution in [3.63, 3.8) is 0 Å². The van der Waals surface area contributed by atoms with E-state index in [1.54, 1.807) is 0 Å². The highest BCUT2D eigenvalue weighted by Crippen LogP contribution is 2.22. The molecule has 1 aliphatic rings. The van der Waals surface area contributed by atoms with Crippen molar-refractivity contribution in [1.29, 1.82) is 0 Å². The van der Waals surface area contributed by atoms with Gasteiger partial charge in [0.05, 0.1) is 17.3 Å². The average Bonchev–Trinajstić information content (AvgIpc) is 2.50. The second kappa shape index (κ2) is 6.51. The number of hydrogen-bond acceptors (Lipinski definition) is 1. The number of nitrogens with one attached hydrogen (secondary N) is 2. The quantitative estimate of drug-likeness (QED) is 0.895. The van der Waals surface area contributed by atoms with E-state index in [2.05, 4.69) is 29.6 Å². The Bertz CT molecular complexity index is 699. The molecule has 1 heterocycles. The van der Waals surface area contributed by atoms with Gasteiger partial charge >= 0.3 is 0 Å². The van der Waals surface area contributed by atoms with Crippen LogP contribution in [0.1, 0.15) is 16.7 Å². The lowest BCUT2D eigenvalue weighted by Crippen LogP contribution is -3.12. The highest BCUT2D eigenvalue weighted by molar-refractivity contribution is 6.33. The molecule has 0 radical (unpaired) electrons. The first-order chi connectivity index (χ1) is 10.6. The fourth-order valence-electron chi connectivity index (χ4n) is 2.94. The van der Waals surface area contributed by atoms with E-state index >= 15 is 0 Å². The van der Waals surface area contributed by atoms with Crippen LogP contribution in [0.3, 0.4) is 0 Å². The number of hydrogen-bond donors (Lipinski definition) is 2. The van der Waals surface area contributed by atoms with Crippen molar-refractivity contribution in [2.75, 3.05) is 18.4 Å². The number of carbonyl (C=O) groups excluding carboxylic acids is 1. The summed E-state index contributed by atoms with van der Waals surface area (Å²) in [6, 6.07) is 14.1. The third kappa shape index (κ3) is 3.49. The summed E-state index contributed by atoms with van der Waals surface area (Å²) in [5, 5.41) is 3.51. The molecular formula is C18H20ClN2O+. The van der Waals surface area contributed by atoms with E-state index in [1.807, 2.05) is 25.1 Å². The van der Waals surface area contributed by atoms with Crippen LogP contribution in [0.25, 0.3) is 0 Å². The summed E-state index contributed by atoms with van der Waals surface area (Å²) >= 11 is 6.16. The predicted octanol–water partition coefficient (Wildman–Crippen LogP) is 2.23. The number of halogens is 1. The molecule has 3 nitrogen and oxygen atoms in total. The van der Waals surface area contributed by atoms with Crippen LogP contribution < -0.4 is 10.2 Å². The Morgan fingerprint density at radius 3 is 2.77 bits per heavy atom. The molecule has 0 fully saturated rings. The highest BCUT2D eigenvalue weighted by atomic mass is 35.5. The molecule has 0 saturated heterocycles. The molecule has 2 aromatic rings. The normalized spacial score (nSPS) is 16.9. The summed E-state index contributed by atoms with van der Waals surface area (Å²) in [5.41, 5.74) is 4.54. The highest BCUT2D eigenvalue weighted by Gasteiger charge is 2.21. The Morgan fingerprint density at radius 2 is 2.00 bits per heavy atom. The molecular weight excluding hydrogens is 296 g/mol.